The lowest BCUT2D eigenvalue weighted by Gasteiger charge is -2.35. The van der Waals surface area contributed by atoms with E-state index in [0.717, 1.165) is 49.7 Å². The molecule has 1 fully saturated rings. The molecule has 8 nitrogen and oxygen atoms in total. The standard InChI is InChI=1S/C24H29N5O3/c1-4-27-10-12-28(13-11-27)18-7-8-19(16(3)14-18)25-22(30)17-6-9-21-20(15-17)26-23(31)24(32)29(21)5-2/h6-9,14-15H,4-5,10-13H2,1-3H3,(H,25,30)(H,26,31). The molecule has 1 aromatic heterocycles. The molecule has 4 rings (SSSR count). The van der Waals surface area contributed by atoms with E-state index in [2.05, 4.69) is 33.1 Å². The molecule has 0 unspecified atom stereocenters. The first kappa shape index (κ1) is 21.8. The molecule has 1 saturated heterocycles. The zero-order valence-electron chi connectivity index (χ0n) is 18.8. The van der Waals surface area contributed by atoms with Crippen molar-refractivity contribution in [1.82, 2.24) is 14.5 Å². The summed E-state index contributed by atoms with van der Waals surface area (Å²) in [4.78, 5) is 44.2. The summed E-state index contributed by atoms with van der Waals surface area (Å²) in [7, 11) is 0. The summed E-state index contributed by atoms with van der Waals surface area (Å²) in [5.74, 6) is -0.269. The number of amides is 1. The van der Waals surface area contributed by atoms with E-state index in [1.54, 1.807) is 25.1 Å². The molecule has 0 atom stereocenters. The number of carbonyl (C=O) groups is 1. The van der Waals surface area contributed by atoms with Gasteiger partial charge in [0, 0.05) is 49.7 Å². The molecular weight excluding hydrogens is 406 g/mol. The summed E-state index contributed by atoms with van der Waals surface area (Å²) in [5.41, 5.74) is 3.08. The van der Waals surface area contributed by atoms with Gasteiger partial charge in [-0.25, -0.2) is 0 Å². The lowest BCUT2D eigenvalue weighted by atomic mass is 10.1. The second kappa shape index (κ2) is 9.00. The minimum absolute atomic E-state index is 0.269. The molecule has 0 saturated carbocycles. The number of aromatic amines is 1. The number of H-pyrrole nitrogens is 1. The van der Waals surface area contributed by atoms with Crippen LogP contribution in [0.2, 0.25) is 0 Å². The van der Waals surface area contributed by atoms with E-state index in [9.17, 15) is 14.4 Å². The van der Waals surface area contributed by atoms with Crippen molar-refractivity contribution in [3.05, 3.63) is 68.2 Å². The third-order valence-corrected chi connectivity index (χ3v) is 6.20. The van der Waals surface area contributed by atoms with Crippen molar-refractivity contribution >= 4 is 28.3 Å². The molecule has 2 N–H and O–H groups in total. The number of benzene rings is 2. The number of fused-ring (bicyclic) bond motifs is 1. The highest BCUT2D eigenvalue weighted by Crippen LogP contribution is 2.24. The highest BCUT2D eigenvalue weighted by Gasteiger charge is 2.17. The van der Waals surface area contributed by atoms with Crippen LogP contribution in [-0.4, -0.2) is 53.1 Å². The topological polar surface area (TPSA) is 90.4 Å². The van der Waals surface area contributed by atoms with Crippen LogP contribution in [0.4, 0.5) is 11.4 Å². The number of likely N-dealkylation sites (N-methyl/N-ethyl adjacent to an activating group) is 1. The van der Waals surface area contributed by atoms with Gasteiger partial charge in [-0.05, 0) is 62.4 Å². The molecule has 0 spiro atoms. The number of hydrogen-bond donors (Lipinski definition) is 2. The third-order valence-electron chi connectivity index (χ3n) is 6.20. The summed E-state index contributed by atoms with van der Waals surface area (Å²) >= 11 is 0. The SMILES string of the molecule is CCN1CCN(c2ccc(NC(=O)c3ccc4c(c3)[nH]c(=O)c(=O)n4CC)c(C)c2)CC1. The Morgan fingerprint density at radius 3 is 2.41 bits per heavy atom. The Bertz CT molecular complexity index is 1270. The fourth-order valence-corrected chi connectivity index (χ4v) is 4.24. The number of carbonyl (C=O) groups excluding carboxylic acids is 1. The van der Waals surface area contributed by atoms with Crippen LogP contribution < -0.4 is 21.3 Å². The Balaban J connectivity index is 1.54. The molecule has 0 bridgehead atoms. The summed E-state index contributed by atoms with van der Waals surface area (Å²) in [6, 6.07) is 11.0. The Kier molecular flexibility index (Phi) is 6.14. The molecule has 168 valence electrons. The fraction of sp³-hybridized carbons (Fsp3) is 0.375. The van der Waals surface area contributed by atoms with Crippen LogP contribution in [0.15, 0.2) is 46.0 Å². The van der Waals surface area contributed by atoms with Crippen molar-refractivity contribution in [3.8, 4) is 0 Å². The van der Waals surface area contributed by atoms with Crippen molar-refractivity contribution in [2.45, 2.75) is 27.3 Å². The van der Waals surface area contributed by atoms with Crippen molar-refractivity contribution < 1.29 is 4.79 Å². The van der Waals surface area contributed by atoms with Gasteiger partial charge in [0.1, 0.15) is 0 Å². The molecule has 0 radical (unpaired) electrons. The number of aromatic nitrogens is 2. The van der Waals surface area contributed by atoms with Gasteiger partial charge in [-0.1, -0.05) is 6.92 Å². The number of aryl methyl sites for hydroxylation is 2. The zero-order chi connectivity index (χ0) is 22.8. The van der Waals surface area contributed by atoms with Gasteiger partial charge in [0.15, 0.2) is 0 Å². The van der Waals surface area contributed by atoms with Crippen LogP contribution in [0, 0.1) is 6.92 Å². The van der Waals surface area contributed by atoms with E-state index >= 15 is 0 Å². The number of nitrogens with zero attached hydrogens (tertiary/aromatic N) is 3. The molecular formula is C24H29N5O3. The fourth-order valence-electron chi connectivity index (χ4n) is 4.24. The van der Waals surface area contributed by atoms with Crippen LogP contribution in [0.25, 0.3) is 11.0 Å². The molecule has 1 aliphatic rings. The average molecular weight is 436 g/mol. The third kappa shape index (κ3) is 4.18. The van der Waals surface area contributed by atoms with Crippen molar-refractivity contribution in [2.24, 2.45) is 0 Å². The number of piperazine rings is 1. The van der Waals surface area contributed by atoms with E-state index in [0.29, 0.717) is 23.1 Å². The molecule has 32 heavy (non-hydrogen) atoms. The van der Waals surface area contributed by atoms with E-state index in [1.807, 2.05) is 19.1 Å². The lowest BCUT2D eigenvalue weighted by molar-refractivity contribution is 0.102. The molecule has 3 aromatic rings. The van der Waals surface area contributed by atoms with Crippen molar-refractivity contribution in [3.63, 3.8) is 0 Å². The maximum Gasteiger partial charge on any atom is 0.316 e. The summed E-state index contributed by atoms with van der Waals surface area (Å²) in [6.45, 7) is 11.5. The largest absolute Gasteiger partial charge is 0.369 e. The van der Waals surface area contributed by atoms with Gasteiger partial charge in [-0.2, -0.15) is 0 Å². The van der Waals surface area contributed by atoms with Crippen molar-refractivity contribution in [2.75, 3.05) is 42.9 Å². The Morgan fingerprint density at radius 1 is 1.00 bits per heavy atom. The van der Waals surface area contributed by atoms with Gasteiger partial charge < -0.3 is 24.7 Å². The van der Waals surface area contributed by atoms with E-state index < -0.39 is 11.1 Å². The number of anilines is 2. The second-order valence-corrected chi connectivity index (χ2v) is 8.11. The first-order valence-electron chi connectivity index (χ1n) is 11.1. The Morgan fingerprint density at radius 2 is 1.75 bits per heavy atom. The Labute approximate surface area is 186 Å². The minimum Gasteiger partial charge on any atom is -0.369 e. The molecule has 1 amide bonds. The first-order chi connectivity index (χ1) is 15.4. The predicted molar refractivity (Wildman–Crippen MR) is 128 cm³/mol. The zero-order valence-corrected chi connectivity index (χ0v) is 18.8. The predicted octanol–water partition coefficient (Wildman–Crippen LogP) is 2.41. The van der Waals surface area contributed by atoms with Crippen molar-refractivity contribution in [1.29, 1.82) is 0 Å². The van der Waals surface area contributed by atoms with Crippen LogP contribution in [0.3, 0.4) is 0 Å². The van der Waals surface area contributed by atoms with Crippen LogP contribution in [0.1, 0.15) is 29.8 Å². The summed E-state index contributed by atoms with van der Waals surface area (Å²) in [6.07, 6.45) is 0. The molecule has 1 aliphatic heterocycles. The maximum absolute atomic E-state index is 12.9. The van der Waals surface area contributed by atoms with Crippen LogP contribution in [0.5, 0.6) is 0 Å². The smallest absolute Gasteiger partial charge is 0.316 e. The highest BCUT2D eigenvalue weighted by molar-refractivity contribution is 6.06. The number of rotatable bonds is 5. The average Bonchev–Trinajstić information content (AvgIpc) is 2.81. The summed E-state index contributed by atoms with van der Waals surface area (Å²) in [5, 5.41) is 2.97. The van der Waals surface area contributed by atoms with Gasteiger partial charge in [0.05, 0.1) is 11.0 Å². The summed E-state index contributed by atoms with van der Waals surface area (Å²) < 4.78 is 1.40. The molecule has 8 heteroatoms. The van der Waals surface area contributed by atoms with Gasteiger partial charge in [-0.15, -0.1) is 0 Å². The van der Waals surface area contributed by atoms with Crippen LogP contribution >= 0.6 is 0 Å². The molecule has 0 aliphatic carbocycles. The molecule has 2 heterocycles. The number of nitrogens with one attached hydrogen (secondary N) is 2. The maximum atomic E-state index is 12.9. The molecule has 2 aromatic carbocycles. The quantitative estimate of drug-likeness (QED) is 0.601. The minimum atomic E-state index is -0.692. The first-order valence-corrected chi connectivity index (χ1v) is 11.1. The van der Waals surface area contributed by atoms with Gasteiger partial charge in [0.25, 0.3) is 5.91 Å². The van der Waals surface area contributed by atoms with Gasteiger partial charge in [0.2, 0.25) is 0 Å². The van der Waals surface area contributed by atoms with E-state index in [1.165, 1.54) is 4.57 Å². The lowest BCUT2D eigenvalue weighted by Crippen LogP contribution is -2.46. The highest BCUT2D eigenvalue weighted by atomic mass is 16.2. The second-order valence-electron chi connectivity index (χ2n) is 8.11. The van der Waals surface area contributed by atoms with Gasteiger partial charge >= 0.3 is 11.1 Å². The monoisotopic (exact) mass is 435 g/mol. The number of hydrogen-bond acceptors (Lipinski definition) is 5. The van der Waals surface area contributed by atoms with E-state index in [4.69, 9.17) is 0 Å². The normalized spacial score (nSPS) is 14.7. The van der Waals surface area contributed by atoms with Gasteiger partial charge in [-0.3, -0.25) is 14.4 Å². The van der Waals surface area contributed by atoms with Crippen LogP contribution in [-0.2, 0) is 6.54 Å². The van der Waals surface area contributed by atoms with E-state index in [-0.39, 0.29) is 5.91 Å². The Hall–Kier alpha value is -3.39.